The molecule has 0 radical (unpaired) electrons. The van der Waals surface area contributed by atoms with E-state index in [0.717, 1.165) is 25.6 Å². The van der Waals surface area contributed by atoms with E-state index in [1.165, 1.54) is 30.8 Å². The minimum atomic E-state index is 0.189. The van der Waals surface area contributed by atoms with Crippen LogP contribution in [0.1, 0.15) is 31.6 Å². The predicted molar refractivity (Wildman–Crippen MR) is 85.9 cm³/mol. The molecule has 4 heterocycles. The number of nitrogens with zero attached hydrogens (tertiary/aromatic N) is 2. The largest absolute Gasteiger partial charge is 0.329 e. The first-order chi connectivity index (χ1) is 9.65. The summed E-state index contributed by atoms with van der Waals surface area (Å²) in [5.74, 6) is 0.778. The van der Waals surface area contributed by atoms with Crippen molar-refractivity contribution in [2.75, 3.05) is 26.2 Å². The first-order valence-corrected chi connectivity index (χ1v) is 8.75. The number of fused-ring (bicyclic) bond motifs is 3. The molecule has 0 spiro atoms. The molecule has 0 amide bonds. The quantitative estimate of drug-likeness (QED) is 0.905. The van der Waals surface area contributed by atoms with Gasteiger partial charge < -0.3 is 10.6 Å². The van der Waals surface area contributed by atoms with Crippen LogP contribution in [0.25, 0.3) is 0 Å². The van der Waals surface area contributed by atoms with E-state index in [-0.39, 0.29) is 5.54 Å². The van der Waals surface area contributed by atoms with Gasteiger partial charge in [0.2, 0.25) is 0 Å². The molecule has 0 aromatic carbocycles. The van der Waals surface area contributed by atoms with Crippen LogP contribution < -0.4 is 5.73 Å². The smallest absolute Gasteiger partial charge is 0.0493 e. The highest BCUT2D eigenvalue weighted by atomic mass is 32.1. The van der Waals surface area contributed by atoms with Gasteiger partial charge >= 0.3 is 0 Å². The summed E-state index contributed by atoms with van der Waals surface area (Å²) in [7, 11) is 0. The van der Waals surface area contributed by atoms with E-state index in [1.807, 2.05) is 11.3 Å². The van der Waals surface area contributed by atoms with Gasteiger partial charge in [0.25, 0.3) is 0 Å². The zero-order valence-electron chi connectivity index (χ0n) is 12.7. The molecule has 112 valence electrons. The zero-order valence-corrected chi connectivity index (χ0v) is 13.5. The first-order valence-electron chi connectivity index (χ1n) is 7.87. The monoisotopic (exact) mass is 293 g/mol. The van der Waals surface area contributed by atoms with E-state index < -0.39 is 0 Å². The molecular weight excluding hydrogens is 266 g/mol. The highest BCUT2D eigenvalue weighted by Gasteiger charge is 2.50. The molecule has 2 N–H and O–H groups in total. The van der Waals surface area contributed by atoms with Gasteiger partial charge in [-0.15, -0.1) is 11.3 Å². The zero-order chi connectivity index (χ0) is 14.2. The summed E-state index contributed by atoms with van der Waals surface area (Å²) in [5, 5.41) is 2.18. The van der Waals surface area contributed by atoms with Crippen LogP contribution in [0.2, 0.25) is 0 Å². The molecule has 0 aliphatic carbocycles. The fourth-order valence-electron chi connectivity index (χ4n) is 4.24. The molecule has 20 heavy (non-hydrogen) atoms. The Morgan fingerprint density at radius 3 is 2.65 bits per heavy atom. The molecule has 3 nitrogen and oxygen atoms in total. The minimum Gasteiger partial charge on any atom is -0.329 e. The Hall–Kier alpha value is -0.420. The van der Waals surface area contributed by atoms with Crippen LogP contribution in [0.3, 0.4) is 0 Å². The van der Waals surface area contributed by atoms with Crippen molar-refractivity contribution in [2.45, 2.75) is 44.8 Å². The third-order valence-electron chi connectivity index (χ3n) is 5.30. The molecule has 1 unspecified atom stereocenters. The second-order valence-electron chi connectivity index (χ2n) is 6.66. The van der Waals surface area contributed by atoms with Crippen LogP contribution in [0, 0.1) is 5.92 Å². The lowest BCUT2D eigenvalue weighted by molar-refractivity contribution is -0.0841. The summed E-state index contributed by atoms with van der Waals surface area (Å²) in [4.78, 5) is 6.77. The third kappa shape index (κ3) is 2.43. The number of rotatable bonds is 5. The van der Waals surface area contributed by atoms with Crippen LogP contribution in [0.15, 0.2) is 17.5 Å². The van der Waals surface area contributed by atoms with Crippen LogP contribution in [0.5, 0.6) is 0 Å². The molecule has 1 aromatic heterocycles. The van der Waals surface area contributed by atoms with E-state index in [4.69, 9.17) is 5.73 Å². The number of thiophene rings is 1. The van der Waals surface area contributed by atoms with Crippen LogP contribution >= 0.6 is 11.3 Å². The second kappa shape index (κ2) is 5.76. The second-order valence-corrected chi connectivity index (χ2v) is 7.69. The van der Waals surface area contributed by atoms with Gasteiger partial charge in [-0.3, -0.25) is 4.90 Å². The summed E-state index contributed by atoms with van der Waals surface area (Å²) < 4.78 is 0. The minimum absolute atomic E-state index is 0.189. The Morgan fingerprint density at radius 2 is 2.20 bits per heavy atom. The summed E-state index contributed by atoms with van der Waals surface area (Å²) >= 11 is 1.87. The lowest BCUT2D eigenvalue weighted by atomic mass is 9.71. The van der Waals surface area contributed by atoms with Crippen molar-refractivity contribution in [1.82, 2.24) is 9.80 Å². The van der Waals surface area contributed by atoms with Crippen molar-refractivity contribution < 1.29 is 0 Å². The lowest BCUT2D eigenvalue weighted by Crippen LogP contribution is -2.70. The van der Waals surface area contributed by atoms with E-state index in [2.05, 4.69) is 41.2 Å². The Balaban J connectivity index is 1.87. The summed E-state index contributed by atoms with van der Waals surface area (Å²) in [5.41, 5.74) is 6.52. The third-order valence-corrected chi connectivity index (χ3v) is 6.16. The molecular formula is C16H27N3S. The fraction of sp³-hybridized carbons (Fsp3) is 0.750. The van der Waals surface area contributed by atoms with Crippen molar-refractivity contribution in [3.8, 4) is 0 Å². The maximum absolute atomic E-state index is 6.33. The van der Waals surface area contributed by atoms with Gasteiger partial charge in [-0.2, -0.15) is 0 Å². The normalized spacial score (nSPS) is 33.2. The van der Waals surface area contributed by atoms with Gasteiger partial charge in [0.15, 0.2) is 0 Å². The number of nitrogens with two attached hydrogens (primary N) is 1. The Morgan fingerprint density at radius 1 is 1.45 bits per heavy atom. The van der Waals surface area contributed by atoms with E-state index >= 15 is 0 Å². The van der Waals surface area contributed by atoms with Crippen molar-refractivity contribution in [2.24, 2.45) is 11.7 Å². The molecule has 1 aromatic rings. The van der Waals surface area contributed by atoms with E-state index in [0.29, 0.717) is 6.04 Å². The maximum atomic E-state index is 6.33. The Bertz CT molecular complexity index is 423. The molecule has 3 aliphatic rings. The van der Waals surface area contributed by atoms with Crippen molar-refractivity contribution >= 4 is 11.3 Å². The van der Waals surface area contributed by atoms with Gasteiger partial charge in [-0.25, -0.2) is 0 Å². The van der Waals surface area contributed by atoms with Crippen LogP contribution in [-0.4, -0.2) is 47.6 Å². The standard InChI is InChI=1S/C16H27N3S/c1-13(2)19(10-15-4-3-9-20-15)16(11-17)12-18-7-5-14(16)6-8-18/h3-4,9,13-14H,5-8,10-12,17H2,1-2H3. The molecule has 1 atom stereocenters. The number of hydrogen-bond acceptors (Lipinski definition) is 4. The Labute approximate surface area is 126 Å². The van der Waals surface area contributed by atoms with Crippen LogP contribution in [-0.2, 0) is 6.54 Å². The molecule has 3 saturated heterocycles. The van der Waals surface area contributed by atoms with Crippen LogP contribution in [0.4, 0.5) is 0 Å². The highest BCUT2D eigenvalue weighted by molar-refractivity contribution is 7.09. The fourth-order valence-corrected chi connectivity index (χ4v) is 4.95. The molecule has 0 saturated carbocycles. The summed E-state index contributed by atoms with van der Waals surface area (Å²) in [6.45, 7) is 10.2. The molecule has 3 fully saturated rings. The molecule has 4 rings (SSSR count). The van der Waals surface area contributed by atoms with E-state index in [1.54, 1.807) is 0 Å². The van der Waals surface area contributed by atoms with Crippen molar-refractivity contribution in [3.63, 3.8) is 0 Å². The Kier molecular flexibility index (Phi) is 4.18. The summed E-state index contributed by atoms with van der Waals surface area (Å²) in [6.07, 6.45) is 2.65. The highest BCUT2D eigenvalue weighted by Crippen LogP contribution is 2.41. The lowest BCUT2D eigenvalue weighted by Gasteiger charge is -2.59. The topological polar surface area (TPSA) is 32.5 Å². The van der Waals surface area contributed by atoms with Gasteiger partial charge in [0, 0.05) is 36.1 Å². The molecule has 4 heteroatoms. The van der Waals surface area contributed by atoms with Gasteiger partial charge in [0.1, 0.15) is 0 Å². The van der Waals surface area contributed by atoms with Crippen molar-refractivity contribution in [3.05, 3.63) is 22.4 Å². The number of hydrogen-bond donors (Lipinski definition) is 1. The average molecular weight is 293 g/mol. The molecule has 2 bridgehead atoms. The van der Waals surface area contributed by atoms with Gasteiger partial charge in [-0.1, -0.05) is 6.07 Å². The number of piperidine rings is 3. The molecule has 3 aliphatic heterocycles. The average Bonchev–Trinajstić information content (AvgIpc) is 2.98. The first kappa shape index (κ1) is 14.5. The van der Waals surface area contributed by atoms with Crippen molar-refractivity contribution in [1.29, 1.82) is 0 Å². The van der Waals surface area contributed by atoms with E-state index in [9.17, 15) is 0 Å². The summed E-state index contributed by atoms with van der Waals surface area (Å²) in [6, 6.07) is 4.96. The predicted octanol–water partition coefficient (Wildman–Crippen LogP) is 2.38. The maximum Gasteiger partial charge on any atom is 0.0493 e. The van der Waals surface area contributed by atoms with Gasteiger partial charge in [0.05, 0.1) is 0 Å². The van der Waals surface area contributed by atoms with Gasteiger partial charge in [-0.05, 0) is 57.1 Å². The SMILES string of the molecule is CC(C)N(Cc1cccs1)C1(CN)CN2CCC1CC2.